The van der Waals surface area contributed by atoms with Crippen molar-refractivity contribution in [1.29, 1.82) is 0 Å². The molecule has 7 heteroatoms. The van der Waals surface area contributed by atoms with Crippen molar-refractivity contribution in [3.8, 4) is 0 Å². The topological polar surface area (TPSA) is 86.2 Å². The van der Waals surface area contributed by atoms with Gasteiger partial charge in [-0.15, -0.1) is 0 Å². The minimum absolute atomic E-state index is 0. The first-order chi connectivity index (χ1) is 2.00. The van der Waals surface area contributed by atoms with E-state index in [0.717, 1.165) is 0 Å². The predicted molar refractivity (Wildman–Crippen MR) is 19.1 cm³/mol. The first kappa shape index (κ1) is 15.7. The summed E-state index contributed by atoms with van der Waals surface area (Å²) in [5.74, 6) is 0. The normalized spacial score (nSPS) is 8.43. The minimum Gasteiger partial charge on any atom is -0.822 e. The van der Waals surface area contributed by atoms with Crippen LogP contribution in [0, 0.1) is 0 Å². The third-order valence-electron chi connectivity index (χ3n) is 0. The van der Waals surface area contributed by atoms with Crippen molar-refractivity contribution in [3.63, 3.8) is 0 Å². The number of hydrogen-bond donors (Lipinski definition) is 0. The molecule has 0 aromatic rings. The maximum absolute atomic E-state index is 8.55. The molecule has 0 spiro atoms. The van der Waals surface area contributed by atoms with Crippen LogP contribution in [0.4, 0.5) is 0 Å². The molecule has 0 rings (SSSR count). The van der Waals surface area contributed by atoms with Crippen molar-refractivity contribution in [2.75, 3.05) is 0 Å². The molecule has 0 fully saturated rings. The third kappa shape index (κ3) is 139. The van der Waals surface area contributed by atoms with E-state index in [1.54, 1.807) is 0 Å². The van der Waals surface area contributed by atoms with Crippen molar-refractivity contribution in [3.05, 3.63) is 0 Å². The quantitative estimate of drug-likeness (QED) is 0.263. The molecule has 0 N–H and O–H groups in total. The van der Waals surface area contributed by atoms with Gasteiger partial charge in [-0.05, 0) is 0 Å². The largest absolute Gasteiger partial charge is 3.00 e. The molecule has 0 amide bonds. The molecule has 0 atom stereocenters. The SMILES string of the molecule is O=P([O-])([O-])[O-].[Al+3].[Al+3]. The average Bonchev–Trinajstić information content (AvgIpc) is 0.722. The zero-order valence-electron chi connectivity index (χ0n) is 3.23. The Labute approximate surface area is 62.1 Å². The van der Waals surface area contributed by atoms with Gasteiger partial charge in [0, 0.05) is 0 Å². The van der Waals surface area contributed by atoms with Crippen LogP contribution in [0.3, 0.4) is 0 Å². The van der Waals surface area contributed by atoms with Gasteiger partial charge in [-0.2, -0.15) is 7.82 Å². The van der Waals surface area contributed by atoms with Gasteiger partial charge in [-0.1, -0.05) is 0 Å². The summed E-state index contributed by atoms with van der Waals surface area (Å²) < 4.78 is 8.55. The standard InChI is InChI=1S/2Al.H3O4P/c;;1-5(2,3)4/h;;(H3,1,2,3,4)/q2*+3;/p-3. The van der Waals surface area contributed by atoms with Crippen LogP contribution in [0.25, 0.3) is 0 Å². The van der Waals surface area contributed by atoms with Crippen LogP contribution in [0.2, 0.25) is 0 Å². The molecule has 0 bridgehead atoms. The van der Waals surface area contributed by atoms with E-state index in [4.69, 9.17) is 19.2 Å². The van der Waals surface area contributed by atoms with Gasteiger partial charge >= 0.3 is 34.7 Å². The average molecular weight is 149 g/mol. The van der Waals surface area contributed by atoms with Crippen LogP contribution in [0.5, 0.6) is 0 Å². The zero-order chi connectivity index (χ0) is 4.50. The van der Waals surface area contributed by atoms with Gasteiger partial charge in [0.05, 0.1) is 0 Å². The number of hydrogen-bond acceptors (Lipinski definition) is 4. The predicted octanol–water partition coefficient (Wildman–Crippen LogP) is -3.59. The van der Waals surface area contributed by atoms with Crippen molar-refractivity contribution in [2.45, 2.75) is 0 Å². The van der Waals surface area contributed by atoms with E-state index >= 15 is 0 Å². The Morgan fingerprint density at radius 2 is 1.00 bits per heavy atom. The molecular weight excluding hydrogens is 149 g/mol. The second-order valence-electron chi connectivity index (χ2n) is 0.447. The molecule has 0 saturated heterocycles. The van der Waals surface area contributed by atoms with Crippen LogP contribution in [-0.2, 0) is 4.57 Å². The van der Waals surface area contributed by atoms with Gasteiger partial charge in [-0.25, -0.2) is 0 Å². The van der Waals surface area contributed by atoms with Crippen LogP contribution in [0.1, 0.15) is 0 Å². The van der Waals surface area contributed by atoms with E-state index in [2.05, 4.69) is 0 Å². The second-order valence-corrected chi connectivity index (χ2v) is 1.34. The first-order valence-corrected chi connectivity index (χ1v) is 2.19. The Morgan fingerprint density at radius 3 is 1.00 bits per heavy atom. The van der Waals surface area contributed by atoms with Gasteiger partial charge in [0.15, 0.2) is 0 Å². The van der Waals surface area contributed by atoms with Crippen LogP contribution < -0.4 is 14.7 Å². The molecule has 0 aliphatic carbocycles. The Balaban J connectivity index is -0.0000000800. The van der Waals surface area contributed by atoms with Gasteiger partial charge in [0.1, 0.15) is 0 Å². The van der Waals surface area contributed by atoms with Gasteiger partial charge in [0.25, 0.3) is 0 Å². The smallest absolute Gasteiger partial charge is 0.822 e. The monoisotopic (exact) mass is 149 g/mol. The summed E-state index contributed by atoms with van der Waals surface area (Å²) in [7, 11) is -5.39. The molecule has 0 heterocycles. The van der Waals surface area contributed by atoms with E-state index in [1.165, 1.54) is 0 Å². The van der Waals surface area contributed by atoms with E-state index in [9.17, 15) is 0 Å². The molecule has 0 aromatic heterocycles. The van der Waals surface area contributed by atoms with Crippen molar-refractivity contribution in [2.24, 2.45) is 0 Å². The molecule has 0 aliphatic rings. The minimum atomic E-state index is -5.39. The van der Waals surface area contributed by atoms with Crippen LogP contribution >= 0.6 is 7.82 Å². The molecular formula is Al2O4P+3. The molecule has 0 saturated carbocycles. The van der Waals surface area contributed by atoms with Gasteiger partial charge in [0.2, 0.25) is 0 Å². The molecule has 0 aromatic carbocycles. The Hall–Kier alpha value is 1.17. The van der Waals surface area contributed by atoms with Gasteiger partial charge in [-0.3, -0.25) is 0 Å². The fraction of sp³-hybridized carbons (Fsp3) is 0. The molecule has 0 radical (unpaired) electrons. The third-order valence-corrected chi connectivity index (χ3v) is 0. The van der Waals surface area contributed by atoms with Crippen molar-refractivity contribution < 1.29 is 19.2 Å². The fourth-order valence-electron chi connectivity index (χ4n) is 0. The summed E-state index contributed by atoms with van der Waals surface area (Å²) in [5, 5.41) is 0. The van der Waals surface area contributed by atoms with E-state index in [-0.39, 0.29) is 34.7 Å². The maximum Gasteiger partial charge on any atom is 3.00 e. The van der Waals surface area contributed by atoms with E-state index in [0.29, 0.717) is 0 Å². The van der Waals surface area contributed by atoms with Crippen molar-refractivity contribution >= 4 is 42.5 Å². The summed E-state index contributed by atoms with van der Waals surface area (Å²) in [6.07, 6.45) is 0. The van der Waals surface area contributed by atoms with E-state index in [1.807, 2.05) is 0 Å². The van der Waals surface area contributed by atoms with Gasteiger partial charge < -0.3 is 19.2 Å². The maximum atomic E-state index is 8.55. The van der Waals surface area contributed by atoms with E-state index < -0.39 is 7.82 Å². The molecule has 4 nitrogen and oxygen atoms in total. The summed E-state index contributed by atoms with van der Waals surface area (Å²) >= 11 is 0. The summed E-state index contributed by atoms with van der Waals surface area (Å²) in [6.45, 7) is 0. The molecule has 32 valence electrons. The first-order valence-electron chi connectivity index (χ1n) is 0.730. The number of phosphoric acid groups is 1. The van der Waals surface area contributed by atoms with Crippen molar-refractivity contribution in [1.82, 2.24) is 0 Å². The summed E-state index contributed by atoms with van der Waals surface area (Å²) in [4.78, 5) is 25.6. The fourth-order valence-corrected chi connectivity index (χ4v) is 0. The zero-order valence-corrected chi connectivity index (χ0v) is 6.44. The number of rotatable bonds is 0. The Bertz CT molecular complexity index is 55.8. The molecule has 7 heavy (non-hydrogen) atoms. The van der Waals surface area contributed by atoms with Crippen LogP contribution in [-0.4, -0.2) is 34.7 Å². The van der Waals surface area contributed by atoms with Crippen LogP contribution in [0.15, 0.2) is 0 Å². The molecule has 0 unspecified atom stereocenters. The summed E-state index contributed by atoms with van der Waals surface area (Å²) in [5.41, 5.74) is 0. The Kier molecular flexibility index (Phi) is 11.9. The summed E-state index contributed by atoms with van der Waals surface area (Å²) in [6, 6.07) is 0. The molecule has 0 aliphatic heterocycles. The second kappa shape index (κ2) is 5.31. The Morgan fingerprint density at radius 1 is 1.00 bits per heavy atom.